The van der Waals surface area contributed by atoms with E-state index >= 15 is 0 Å². The molecule has 1 atom stereocenters. The molecule has 0 spiro atoms. The van der Waals surface area contributed by atoms with Gasteiger partial charge in [-0.15, -0.1) is 11.3 Å². The van der Waals surface area contributed by atoms with E-state index < -0.39 is 12.1 Å². The molecular formula is C25H26N2O4S. The third-order valence-corrected chi connectivity index (χ3v) is 6.17. The Kier molecular flexibility index (Phi) is 6.85. The van der Waals surface area contributed by atoms with Crippen LogP contribution >= 0.6 is 11.3 Å². The van der Waals surface area contributed by atoms with Crippen LogP contribution in [-0.2, 0) is 27.2 Å². The number of anilines is 1. The van der Waals surface area contributed by atoms with Gasteiger partial charge in [-0.05, 0) is 43.5 Å². The molecule has 0 N–H and O–H groups in total. The molecule has 6 nitrogen and oxygen atoms in total. The Morgan fingerprint density at radius 3 is 2.78 bits per heavy atom. The molecule has 1 aliphatic heterocycles. The van der Waals surface area contributed by atoms with Gasteiger partial charge in [0.05, 0.1) is 23.0 Å². The lowest BCUT2D eigenvalue weighted by Gasteiger charge is -2.32. The number of rotatable bonds is 8. The first-order valence-corrected chi connectivity index (χ1v) is 11.7. The van der Waals surface area contributed by atoms with Gasteiger partial charge in [0, 0.05) is 17.4 Å². The van der Waals surface area contributed by atoms with E-state index in [9.17, 15) is 9.59 Å². The van der Waals surface area contributed by atoms with E-state index in [0.717, 1.165) is 34.7 Å². The van der Waals surface area contributed by atoms with Crippen molar-refractivity contribution in [3.63, 3.8) is 0 Å². The van der Waals surface area contributed by atoms with Crippen molar-refractivity contribution in [2.24, 2.45) is 0 Å². The van der Waals surface area contributed by atoms with Gasteiger partial charge < -0.3 is 9.47 Å². The maximum absolute atomic E-state index is 12.8. The van der Waals surface area contributed by atoms with Crippen molar-refractivity contribution < 1.29 is 19.1 Å². The first-order chi connectivity index (χ1) is 15.5. The zero-order valence-corrected chi connectivity index (χ0v) is 19.1. The molecule has 4 rings (SSSR count). The van der Waals surface area contributed by atoms with Crippen LogP contribution in [0.3, 0.4) is 0 Å². The van der Waals surface area contributed by atoms with Gasteiger partial charge in [0.25, 0.3) is 5.91 Å². The Hall–Kier alpha value is -3.19. The highest BCUT2D eigenvalue weighted by Gasteiger charge is 2.33. The summed E-state index contributed by atoms with van der Waals surface area (Å²) in [5.74, 6) is -0.139. The molecule has 32 heavy (non-hydrogen) atoms. The fourth-order valence-electron chi connectivity index (χ4n) is 3.60. The van der Waals surface area contributed by atoms with Gasteiger partial charge in [0.15, 0.2) is 6.10 Å². The molecule has 1 aliphatic rings. The number of aromatic nitrogens is 1. The summed E-state index contributed by atoms with van der Waals surface area (Å²) in [4.78, 5) is 31.5. The number of carbonyl (C=O) groups is 2. The zero-order valence-electron chi connectivity index (χ0n) is 18.2. The Labute approximate surface area is 191 Å². The summed E-state index contributed by atoms with van der Waals surface area (Å²) in [6, 6.07) is 15.5. The quantitative estimate of drug-likeness (QED) is 0.467. The van der Waals surface area contributed by atoms with Crippen molar-refractivity contribution in [1.82, 2.24) is 4.98 Å². The summed E-state index contributed by atoms with van der Waals surface area (Å²) < 4.78 is 11.2. The highest BCUT2D eigenvalue weighted by Crippen LogP contribution is 2.37. The first-order valence-electron chi connectivity index (χ1n) is 10.8. The number of hydrogen-bond donors (Lipinski definition) is 0. The molecule has 2 aromatic carbocycles. The van der Waals surface area contributed by atoms with Crippen molar-refractivity contribution in [1.29, 1.82) is 0 Å². The summed E-state index contributed by atoms with van der Waals surface area (Å²) >= 11 is 1.63. The second-order valence-corrected chi connectivity index (χ2v) is 8.64. The highest BCUT2D eigenvalue weighted by molar-refractivity contribution is 7.09. The average molecular weight is 451 g/mol. The van der Waals surface area contributed by atoms with Gasteiger partial charge in [0.1, 0.15) is 12.3 Å². The largest absolute Gasteiger partial charge is 0.479 e. The number of amides is 1. The summed E-state index contributed by atoms with van der Waals surface area (Å²) in [7, 11) is 0. The number of nitrogens with zero attached hydrogens (tertiary/aromatic N) is 2. The summed E-state index contributed by atoms with van der Waals surface area (Å²) in [6.45, 7) is 3.92. The normalized spacial score (nSPS) is 15.2. The first kappa shape index (κ1) is 22.0. The van der Waals surface area contributed by atoms with Gasteiger partial charge in [0.2, 0.25) is 0 Å². The fourth-order valence-corrected chi connectivity index (χ4v) is 4.51. The standard InChI is InChI=1S/C25H26N2O4S/c1-3-7-23-26-20(16-32-23)19-10-11-22-21(14-19)27(25(29)17(2)31-22)15-24(28)30-13-12-18-8-5-4-6-9-18/h4-6,8-11,14,16-17H,3,7,12-13,15H2,1-2H3. The van der Waals surface area contributed by atoms with Crippen molar-refractivity contribution in [3.05, 3.63) is 64.5 Å². The minimum atomic E-state index is -0.666. The molecule has 0 bridgehead atoms. The van der Waals surface area contributed by atoms with Crippen LogP contribution in [0.1, 0.15) is 30.8 Å². The van der Waals surface area contributed by atoms with Gasteiger partial charge >= 0.3 is 5.97 Å². The van der Waals surface area contributed by atoms with E-state index in [2.05, 4.69) is 6.92 Å². The van der Waals surface area contributed by atoms with Crippen LogP contribution in [0.4, 0.5) is 5.69 Å². The average Bonchev–Trinajstić information content (AvgIpc) is 3.26. The number of thiazole rings is 1. The second kappa shape index (κ2) is 9.96. The summed E-state index contributed by atoms with van der Waals surface area (Å²) in [6.07, 6.45) is 1.94. The predicted octanol–water partition coefficient (Wildman–Crippen LogP) is 4.66. The molecule has 0 saturated carbocycles. The molecule has 1 aromatic heterocycles. The van der Waals surface area contributed by atoms with Crippen molar-refractivity contribution in [3.8, 4) is 17.0 Å². The molecule has 0 radical (unpaired) electrons. The van der Waals surface area contributed by atoms with Crippen LogP contribution in [0.5, 0.6) is 5.75 Å². The zero-order chi connectivity index (χ0) is 22.5. The van der Waals surface area contributed by atoms with Crippen LogP contribution in [0.2, 0.25) is 0 Å². The van der Waals surface area contributed by atoms with E-state index in [4.69, 9.17) is 14.5 Å². The van der Waals surface area contributed by atoms with Gasteiger partial charge in [-0.1, -0.05) is 37.3 Å². The van der Waals surface area contributed by atoms with E-state index in [0.29, 0.717) is 17.9 Å². The van der Waals surface area contributed by atoms with Crippen molar-refractivity contribution >= 4 is 28.9 Å². The number of aryl methyl sites for hydroxylation is 1. The Morgan fingerprint density at radius 1 is 1.19 bits per heavy atom. The number of esters is 1. The lowest BCUT2D eigenvalue weighted by atomic mass is 10.1. The van der Waals surface area contributed by atoms with Crippen LogP contribution in [0, 0.1) is 0 Å². The molecule has 0 fully saturated rings. The molecule has 0 aliphatic carbocycles. The van der Waals surface area contributed by atoms with E-state index in [1.54, 1.807) is 18.3 Å². The SMILES string of the molecule is CCCc1nc(-c2ccc3c(c2)N(CC(=O)OCCc2ccccc2)C(=O)C(C)O3)cs1. The Morgan fingerprint density at radius 2 is 2.00 bits per heavy atom. The van der Waals surface area contributed by atoms with Crippen molar-refractivity contribution in [2.75, 3.05) is 18.1 Å². The van der Waals surface area contributed by atoms with Gasteiger partial charge in [-0.3, -0.25) is 14.5 Å². The summed E-state index contributed by atoms with van der Waals surface area (Å²) in [5, 5.41) is 3.10. The molecule has 166 valence electrons. The topological polar surface area (TPSA) is 68.7 Å². The molecule has 1 unspecified atom stereocenters. The lowest BCUT2D eigenvalue weighted by molar-refractivity contribution is -0.143. The third-order valence-electron chi connectivity index (χ3n) is 5.26. The van der Waals surface area contributed by atoms with Gasteiger partial charge in [-0.2, -0.15) is 0 Å². The van der Waals surface area contributed by atoms with Crippen LogP contribution in [0.25, 0.3) is 11.3 Å². The highest BCUT2D eigenvalue weighted by atomic mass is 32.1. The smallest absolute Gasteiger partial charge is 0.326 e. The number of hydrogen-bond acceptors (Lipinski definition) is 6. The Balaban J connectivity index is 1.49. The monoisotopic (exact) mass is 450 g/mol. The fraction of sp³-hybridized carbons (Fsp3) is 0.320. The van der Waals surface area contributed by atoms with Crippen LogP contribution < -0.4 is 9.64 Å². The Bertz CT molecular complexity index is 1100. The lowest BCUT2D eigenvalue weighted by Crippen LogP contribution is -2.47. The van der Waals surface area contributed by atoms with Gasteiger partial charge in [-0.25, -0.2) is 4.98 Å². The number of benzene rings is 2. The van der Waals surface area contributed by atoms with Crippen LogP contribution in [0.15, 0.2) is 53.9 Å². The number of carbonyl (C=O) groups excluding carboxylic acids is 2. The van der Waals surface area contributed by atoms with Crippen molar-refractivity contribution in [2.45, 2.75) is 39.2 Å². The molecule has 0 saturated heterocycles. The molecule has 7 heteroatoms. The van der Waals surface area contributed by atoms with Crippen LogP contribution in [-0.4, -0.2) is 36.1 Å². The van der Waals surface area contributed by atoms with E-state index in [1.807, 2.05) is 53.9 Å². The minimum Gasteiger partial charge on any atom is -0.479 e. The second-order valence-electron chi connectivity index (χ2n) is 7.70. The predicted molar refractivity (Wildman–Crippen MR) is 125 cm³/mol. The molecule has 1 amide bonds. The maximum Gasteiger partial charge on any atom is 0.326 e. The van der Waals surface area contributed by atoms with E-state index in [1.165, 1.54) is 4.90 Å². The minimum absolute atomic E-state index is 0.157. The number of fused-ring (bicyclic) bond motifs is 1. The number of ether oxygens (including phenoxy) is 2. The summed E-state index contributed by atoms with van der Waals surface area (Å²) in [5.41, 5.74) is 3.40. The molecule has 2 heterocycles. The van der Waals surface area contributed by atoms with E-state index in [-0.39, 0.29) is 19.1 Å². The maximum atomic E-state index is 12.8. The third kappa shape index (κ3) is 4.99. The molecule has 3 aromatic rings. The molecular weight excluding hydrogens is 424 g/mol.